The van der Waals surface area contributed by atoms with Crippen LogP contribution in [0.4, 0.5) is 4.39 Å². The Bertz CT molecular complexity index is 1070. The van der Waals surface area contributed by atoms with Gasteiger partial charge in [0.25, 0.3) is 11.8 Å². The molecule has 174 valence electrons. The van der Waals surface area contributed by atoms with E-state index >= 15 is 0 Å². The van der Waals surface area contributed by atoms with Crippen LogP contribution in [0.15, 0.2) is 49.2 Å². The number of ether oxygens (including phenoxy) is 2. The first-order valence-corrected chi connectivity index (χ1v) is 10.3. The molecule has 1 fully saturated rings. The summed E-state index contributed by atoms with van der Waals surface area (Å²) in [5, 5.41) is 5.76. The van der Waals surface area contributed by atoms with E-state index in [1.165, 1.54) is 12.4 Å². The molecule has 33 heavy (non-hydrogen) atoms. The van der Waals surface area contributed by atoms with E-state index in [1.807, 2.05) is 6.92 Å². The van der Waals surface area contributed by atoms with E-state index in [1.54, 1.807) is 36.8 Å². The summed E-state index contributed by atoms with van der Waals surface area (Å²) >= 11 is 0. The van der Waals surface area contributed by atoms with Crippen molar-refractivity contribution in [2.24, 2.45) is 0 Å². The molecule has 1 aliphatic heterocycles. The number of nitrogens with one attached hydrogen (secondary N) is 2. The molecule has 4 rings (SSSR count). The second-order valence-corrected chi connectivity index (χ2v) is 7.21. The molecule has 2 N–H and O–H groups in total. The fraction of sp³-hybridized carbons (Fsp3) is 0.318. The van der Waals surface area contributed by atoms with Crippen LogP contribution in [0.5, 0.6) is 17.4 Å². The minimum Gasteiger partial charge on any atom is -0.488 e. The molecule has 0 aliphatic carbocycles. The first-order chi connectivity index (χ1) is 15.6. The van der Waals surface area contributed by atoms with Gasteiger partial charge in [-0.1, -0.05) is 0 Å². The van der Waals surface area contributed by atoms with E-state index in [0.717, 1.165) is 0 Å². The monoisotopic (exact) mass is 474 g/mol. The Balaban J connectivity index is 0.00000306. The molecule has 0 radical (unpaired) electrons. The lowest BCUT2D eigenvalue weighted by Gasteiger charge is -2.26. The quantitative estimate of drug-likeness (QED) is 0.537. The lowest BCUT2D eigenvalue weighted by atomic mass is 10.1. The van der Waals surface area contributed by atoms with Crippen LogP contribution in [0, 0.1) is 0 Å². The molecule has 11 heteroatoms. The smallest absolute Gasteiger partial charge is 0.262 e. The molecule has 3 aromatic rings. The molecule has 4 heterocycles. The molecule has 0 bridgehead atoms. The molecule has 0 saturated carbocycles. The summed E-state index contributed by atoms with van der Waals surface area (Å²) in [6.07, 6.45) is 6.94. The van der Waals surface area contributed by atoms with Crippen molar-refractivity contribution >= 4 is 18.3 Å². The summed E-state index contributed by atoms with van der Waals surface area (Å²) in [7, 11) is 0. The Kier molecular flexibility index (Phi) is 8.45. The first kappa shape index (κ1) is 24.3. The lowest BCUT2D eigenvalue weighted by Crippen LogP contribution is -2.49. The van der Waals surface area contributed by atoms with Gasteiger partial charge in [0.1, 0.15) is 11.9 Å². The van der Waals surface area contributed by atoms with Crippen LogP contribution in [-0.4, -0.2) is 57.8 Å². The second-order valence-electron chi connectivity index (χ2n) is 7.21. The number of hydrogen-bond donors (Lipinski definition) is 2. The summed E-state index contributed by atoms with van der Waals surface area (Å²) in [4.78, 5) is 29.3. The zero-order chi connectivity index (χ0) is 22.3. The highest BCUT2D eigenvalue weighted by Gasteiger charge is 2.23. The largest absolute Gasteiger partial charge is 0.488 e. The van der Waals surface area contributed by atoms with Gasteiger partial charge < -0.3 is 20.1 Å². The minimum absolute atomic E-state index is 0. The van der Waals surface area contributed by atoms with Gasteiger partial charge in [-0.25, -0.2) is 19.3 Å². The standard InChI is InChI=1S/C22H23FN6O3.ClH/c1-2-31-19-4-3-5-26-22(19)32-18-6-14(8-24-13-18)20-27-9-15(10-28-20)21(30)29-17-7-16(23)11-25-12-17;/h3-6,8-10,13,16-17,25H,2,7,11-12H2,1H3,(H,29,30);1H/t16-,17-;/m0./s1. The summed E-state index contributed by atoms with van der Waals surface area (Å²) in [5.41, 5.74) is 0.907. The number of piperidine rings is 1. The molecule has 1 amide bonds. The van der Waals surface area contributed by atoms with E-state index in [0.29, 0.717) is 54.0 Å². The van der Waals surface area contributed by atoms with Gasteiger partial charge in [-0.3, -0.25) is 9.78 Å². The van der Waals surface area contributed by atoms with Gasteiger partial charge in [0.15, 0.2) is 11.6 Å². The Morgan fingerprint density at radius 2 is 2.03 bits per heavy atom. The lowest BCUT2D eigenvalue weighted by molar-refractivity contribution is 0.0918. The number of hydrogen-bond acceptors (Lipinski definition) is 8. The second kappa shape index (κ2) is 11.5. The van der Waals surface area contributed by atoms with Gasteiger partial charge in [-0.15, -0.1) is 12.4 Å². The highest BCUT2D eigenvalue weighted by atomic mass is 35.5. The van der Waals surface area contributed by atoms with E-state index < -0.39 is 6.17 Å². The number of amides is 1. The number of pyridine rings is 2. The SMILES string of the molecule is CCOc1cccnc1Oc1cncc(-c2ncc(C(=O)N[C@@H]3CNC[C@@H](F)C3)cn2)c1.Cl. The Hall–Kier alpha value is -3.37. The van der Waals surface area contributed by atoms with E-state index in [-0.39, 0.29) is 30.8 Å². The molecule has 0 aromatic carbocycles. The van der Waals surface area contributed by atoms with Crippen LogP contribution >= 0.6 is 12.4 Å². The summed E-state index contributed by atoms with van der Waals surface area (Å²) in [6, 6.07) is 4.99. The van der Waals surface area contributed by atoms with Crippen molar-refractivity contribution < 1.29 is 18.7 Å². The Morgan fingerprint density at radius 1 is 1.21 bits per heavy atom. The highest BCUT2D eigenvalue weighted by Crippen LogP contribution is 2.30. The van der Waals surface area contributed by atoms with E-state index in [9.17, 15) is 9.18 Å². The van der Waals surface area contributed by atoms with Crippen LogP contribution in [0.1, 0.15) is 23.7 Å². The highest BCUT2D eigenvalue weighted by molar-refractivity contribution is 5.93. The zero-order valence-corrected chi connectivity index (χ0v) is 18.7. The van der Waals surface area contributed by atoms with Crippen LogP contribution in [-0.2, 0) is 0 Å². The van der Waals surface area contributed by atoms with E-state index in [2.05, 4.69) is 30.6 Å². The van der Waals surface area contributed by atoms with Crippen molar-refractivity contribution in [3.8, 4) is 28.8 Å². The van der Waals surface area contributed by atoms with Crippen molar-refractivity contribution in [3.05, 3.63) is 54.7 Å². The molecular weight excluding hydrogens is 451 g/mol. The van der Waals surface area contributed by atoms with Gasteiger partial charge in [0.05, 0.1) is 18.4 Å². The number of alkyl halides is 1. The molecule has 3 aromatic heterocycles. The molecule has 1 aliphatic rings. The van der Waals surface area contributed by atoms with Crippen LogP contribution in [0.25, 0.3) is 11.4 Å². The van der Waals surface area contributed by atoms with Gasteiger partial charge in [-0.05, 0) is 25.1 Å². The number of nitrogens with zero attached hydrogens (tertiary/aromatic N) is 4. The van der Waals surface area contributed by atoms with Crippen molar-refractivity contribution in [3.63, 3.8) is 0 Å². The maximum Gasteiger partial charge on any atom is 0.262 e. The maximum absolute atomic E-state index is 13.5. The molecule has 0 spiro atoms. The average molecular weight is 475 g/mol. The maximum atomic E-state index is 13.5. The predicted molar refractivity (Wildman–Crippen MR) is 122 cm³/mol. The van der Waals surface area contributed by atoms with Gasteiger partial charge in [0.2, 0.25) is 0 Å². The van der Waals surface area contributed by atoms with Gasteiger partial charge in [0, 0.05) is 55.9 Å². The fourth-order valence-corrected chi connectivity index (χ4v) is 3.29. The molecule has 2 atom stereocenters. The van der Waals surface area contributed by atoms with Crippen molar-refractivity contribution in [2.45, 2.75) is 25.6 Å². The normalized spacial score (nSPS) is 17.5. The molecular formula is C22H24ClFN6O3. The third kappa shape index (κ3) is 6.33. The van der Waals surface area contributed by atoms with Crippen LogP contribution < -0.4 is 20.1 Å². The average Bonchev–Trinajstić information content (AvgIpc) is 2.81. The van der Waals surface area contributed by atoms with Crippen molar-refractivity contribution in [2.75, 3.05) is 19.7 Å². The third-order valence-corrected chi connectivity index (χ3v) is 4.77. The van der Waals surface area contributed by atoms with E-state index in [4.69, 9.17) is 9.47 Å². The summed E-state index contributed by atoms with van der Waals surface area (Å²) in [6.45, 7) is 3.21. The summed E-state index contributed by atoms with van der Waals surface area (Å²) in [5.74, 6) is 1.34. The Labute approximate surface area is 196 Å². The summed E-state index contributed by atoms with van der Waals surface area (Å²) < 4.78 is 24.8. The van der Waals surface area contributed by atoms with Crippen molar-refractivity contribution in [1.82, 2.24) is 30.6 Å². The minimum atomic E-state index is -0.967. The van der Waals surface area contributed by atoms with Crippen molar-refractivity contribution in [1.29, 1.82) is 0 Å². The fourth-order valence-electron chi connectivity index (χ4n) is 3.29. The zero-order valence-electron chi connectivity index (χ0n) is 17.9. The number of carbonyl (C=O) groups excluding carboxylic acids is 1. The Morgan fingerprint density at radius 3 is 2.79 bits per heavy atom. The molecule has 1 saturated heterocycles. The third-order valence-electron chi connectivity index (χ3n) is 4.77. The van der Waals surface area contributed by atoms with Gasteiger partial charge >= 0.3 is 0 Å². The topological polar surface area (TPSA) is 111 Å². The number of halogens is 2. The molecule has 0 unspecified atom stereocenters. The predicted octanol–water partition coefficient (Wildman–Crippen LogP) is 2.98. The molecule has 9 nitrogen and oxygen atoms in total. The van der Waals surface area contributed by atoms with Crippen LogP contribution in [0.2, 0.25) is 0 Å². The number of aromatic nitrogens is 4. The number of carbonyl (C=O) groups is 1. The first-order valence-electron chi connectivity index (χ1n) is 10.3. The number of rotatable bonds is 7. The van der Waals surface area contributed by atoms with Crippen LogP contribution in [0.3, 0.4) is 0 Å². The van der Waals surface area contributed by atoms with Gasteiger partial charge in [-0.2, -0.15) is 0 Å².